The fourth-order valence-electron chi connectivity index (χ4n) is 1.78. The molecular formula is C18H26BBrO4S2. The van der Waals surface area contributed by atoms with Crippen LogP contribution in [0.5, 0.6) is 0 Å². The fourth-order valence-corrected chi connectivity index (χ4v) is 4.06. The van der Waals surface area contributed by atoms with Crippen molar-refractivity contribution < 1.29 is 19.6 Å². The molecule has 0 atom stereocenters. The van der Waals surface area contributed by atoms with Gasteiger partial charge in [0.25, 0.3) is 0 Å². The van der Waals surface area contributed by atoms with Crippen molar-refractivity contribution in [2.24, 2.45) is 11.8 Å². The summed E-state index contributed by atoms with van der Waals surface area (Å²) in [7, 11) is -1.13. The third-order valence-corrected chi connectivity index (χ3v) is 5.38. The average Bonchev–Trinajstić information content (AvgIpc) is 3.15. The molecule has 4 nitrogen and oxygen atoms in total. The van der Waals surface area contributed by atoms with Gasteiger partial charge in [-0.05, 0) is 64.8 Å². The molecule has 0 aromatic carbocycles. The van der Waals surface area contributed by atoms with Crippen molar-refractivity contribution in [2.45, 2.75) is 40.4 Å². The van der Waals surface area contributed by atoms with Crippen LogP contribution in [0, 0.1) is 11.8 Å². The summed E-state index contributed by atoms with van der Waals surface area (Å²) in [4.78, 5) is 23.2. The van der Waals surface area contributed by atoms with E-state index < -0.39 is 7.12 Å². The van der Waals surface area contributed by atoms with Gasteiger partial charge in [0.2, 0.25) is 0 Å². The first-order chi connectivity index (χ1) is 12.2. The number of hydrogen-bond donors (Lipinski definition) is 2. The maximum atomic E-state index is 10.3. The minimum atomic E-state index is -1.13. The van der Waals surface area contributed by atoms with E-state index in [0.717, 1.165) is 32.5 Å². The summed E-state index contributed by atoms with van der Waals surface area (Å²) in [6.07, 6.45) is 3.31. The van der Waals surface area contributed by atoms with Gasteiger partial charge < -0.3 is 10.0 Å². The summed E-state index contributed by atoms with van der Waals surface area (Å²) in [5, 5.41) is 16.6. The van der Waals surface area contributed by atoms with Crippen LogP contribution in [-0.4, -0.2) is 29.7 Å². The zero-order chi connectivity index (χ0) is 20.1. The molecule has 0 aliphatic heterocycles. The molecule has 0 saturated carbocycles. The van der Waals surface area contributed by atoms with Crippen molar-refractivity contribution in [1.82, 2.24) is 0 Å². The Morgan fingerprint density at radius 3 is 1.77 bits per heavy atom. The monoisotopic (exact) mass is 460 g/mol. The lowest BCUT2D eigenvalue weighted by atomic mass is 9.80. The van der Waals surface area contributed by atoms with Gasteiger partial charge >= 0.3 is 7.12 Å². The Kier molecular flexibility index (Phi) is 13.8. The van der Waals surface area contributed by atoms with Gasteiger partial charge in [0.05, 0.1) is 13.5 Å². The number of carbonyl (C=O) groups is 2. The second kappa shape index (κ2) is 14.3. The lowest BCUT2D eigenvalue weighted by molar-refractivity contribution is 0.111. The van der Waals surface area contributed by atoms with Crippen molar-refractivity contribution >= 4 is 58.3 Å². The predicted octanol–water partition coefficient (Wildman–Crippen LogP) is 5.20. The highest BCUT2D eigenvalue weighted by atomic mass is 79.9. The maximum absolute atomic E-state index is 10.3. The number of hydrogen-bond acceptors (Lipinski definition) is 6. The predicted molar refractivity (Wildman–Crippen MR) is 115 cm³/mol. The summed E-state index contributed by atoms with van der Waals surface area (Å²) in [6, 6.07) is 7.56. The van der Waals surface area contributed by atoms with Crippen LogP contribution in [-0.2, 0) is 6.42 Å². The molecule has 2 aromatic rings. The van der Waals surface area contributed by atoms with E-state index in [2.05, 4.69) is 29.8 Å². The van der Waals surface area contributed by atoms with Crippen LogP contribution in [0.15, 0.2) is 28.1 Å². The van der Waals surface area contributed by atoms with Crippen molar-refractivity contribution in [3.63, 3.8) is 0 Å². The molecule has 0 aliphatic rings. The van der Waals surface area contributed by atoms with Gasteiger partial charge in [0.1, 0.15) is 0 Å². The molecule has 2 rings (SSSR count). The quantitative estimate of drug-likeness (QED) is 0.459. The molecule has 0 fully saturated rings. The number of aldehydes is 2. The van der Waals surface area contributed by atoms with E-state index >= 15 is 0 Å². The van der Waals surface area contributed by atoms with E-state index in [1.807, 2.05) is 32.0 Å². The van der Waals surface area contributed by atoms with Gasteiger partial charge in [0, 0.05) is 4.88 Å². The largest absolute Gasteiger partial charge is 0.451 e. The Labute approximate surface area is 172 Å². The van der Waals surface area contributed by atoms with Crippen molar-refractivity contribution in [3.05, 3.63) is 42.7 Å². The lowest BCUT2D eigenvalue weighted by Crippen LogP contribution is -2.12. The van der Waals surface area contributed by atoms with Crippen LogP contribution in [0.1, 0.15) is 51.9 Å². The van der Waals surface area contributed by atoms with E-state index in [4.69, 9.17) is 10.0 Å². The van der Waals surface area contributed by atoms with Crippen LogP contribution in [0.3, 0.4) is 0 Å². The molecule has 0 radical (unpaired) electrons. The van der Waals surface area contributed by atoms with Crippen LogP contribution in [0.25, 0.3) is 0 Å². The van der Waals surface area contributed by atoms with Gasteiger partial charge in [-0.3, -0.25) is 9.59 Å². The molecule has 0 aliphatic carbocycles. The third-order valence-electron chi connectivity index (χ3n) is 2.80. The molecule has 8 heteroatoms. The van der Waals surface area contributed by atoms with Gasteiger partial charge in [-0.15, -0.1) is 22.7 Å². The molecule has 2 heterocycles. The Bertz CT molecular complexity index is 633. The van der Waals surface area contributed by atoms with E-state index in [1.54, 1.807) is 17.4 Å². The smallest absolute Gasteiger partial charge is 0.427 e. The molecule has 0 unspecified atom stereocenters. The molecular weight excluding hydrogens is 435 g/mol. The maximum Gasteiger partial charge on any atom is 0.451 e. The molecule has 0 spiro atoms. The summed E-state index contributed by atoms with van der Waals surface area (Å²) in [5.74, 6) is 1.05. The summed E-state index contributed by atoms with van der Waals surface area (Å²) >= 11 is 6.26. The standard InChI is InChI=1S/C9H12OS.C5H3BrOS.C4H11BO2/c1-7(2)5-8-3-4-9(6-10)11-8;6-5-2-1-4(3-7)8-5;1-4(2)3-5(6)7/h3-4,6-7H,5H2,1-2H3;1-3H;4,6-7H,3H2,1-2H3. The number of halogens is 1. The molecule has 2 aromatic heterocycles. The summed E-state index contributed by atoms with van der Waals surface area (Å²) in [6.45, 7) is 8.25. The Morgan fingerprint density at radius 1 is 0.962 bits per heavy atom. The highest BCUT2D eigenvalue weighted by Crippen LogP contribution is 2.20. The van der Waals surface area contributed by atoms with Crippen LogP contribution < -0.4 is 0 Å². The van der Waals surface area contributed by atoms with E-state index in [9.17, 15) is 9.59 Å². The average molecular weight is 461 g/mol. The molecule has 2 N–H and O–H groups in total. The second-order valence-corrected chi connectivity index (χ2v) is 10.1. The zero-order valence-corrected chi connectivity index (χ0v) is 18.7. The van der Waals surface area contributed by atoms with Gasteiger partial charge in [-0.25, -0.2) is 0 Å². The molecule has 26 heavy (non-hydrogen) atoms. The third kappa shape index (κ3) is 13.4. The second-order valence-electron chi connectivity index (χ2n) is 6.39. The van der Waals surface area contributed by atoms with E-state index in [-0.39, 0.29) is 0 Å². The summed E-state index contributed by atoms with van der Waals surface area (Å²) < 4.78 is 1.000. The lowest BCUT2D eigenvalue weighted by Gasteiger charge is -1.99. The minimum absolute atomic E-state index is 0.375. The first-order valence-electron chi connectivity index (χ1n) is 8.28. The van der Waals surface area contributed by atoms with Gasteiger partial charge in [0.15, 0.2) is 12.6 Å². The minimum Gasteiger partial charge on any atom is -0.427 e. The van der Waals surface area contributed by atoms with Crippen molar-refractivity contribution in [3.8, 4) is 0 Å². The van der Waals surface area contributed by atoms with Crippen molar-refractivity contribution in [1.29, 1.82) is 0 Å². The number of rotatable bonds is 6. The number of carbonyl (C=O) groups excluding carboxylic acids is 2. The fraction of sp³-hybridized carbons (Fsp3) is 0.444. The van der Waals surface area contributed by atoms with E-state index in [1.165, 1.54) is 16.2 Å². The Morgan fingerprint density at radius 2 is 1.50 bits per heavy atom. The first-order valence-corrected chi connectivity index (χ1v) is 10.7. The summed E-state index contributed by atoms with van der Waals surface area (Å²) in [5.41, 5.74) is 0. The highest BCUT2D eigenvalue weighted by molar-refractivity contribution is 9.11. The highest BCUT2D eigenvalue weighted by Gasteiger charge is 2.07. The number of thiophene rings is 2. The topological polar surface area (TPSA) is 74.6 Å². The first kappa shape index (κ1) is 25.2. The Hall–Kier alpha value is -0.795. The van der Waals surface area contributed by atoms with Gasteiger partial charge in [-0.2, -0.15) is 0 Å². The zero-order valence-electron chi connectivity index (χ0n) is 15.5. The normalized spacial score (nSPS) is 9.88. The van der Waals surface area contributed by atoms with Crippen molar-refractivity contribution in [2.75, 3.05) is 0 Å². The molecule has 0 saturated heterocycles. The SMILES string of the molecule is CC(C)CB(O)O.CC(C)Cc1ccc(C=O)s1.O=Cc1ccc(Br)s1. The van der Waals surface area contributed by atoms with E-state index in [0.29, 0.717) is 18.2 Å². The van der Waals surface area contributed by atoms with Crippen LogP contribution in [0.2, 0.25) is 6.32 Å². The van der Waals surface area contributed by atoms with Crippen LogP contribution in [0.4, 0.5) is 0 Å². The molecule has 0 bridgehead atoms. The van der Waals surface area contributed by atoms with Gasteiger partial charge in [-0.1, -0.05) is 27.7 Å². The molecule has 144 valence electrons. The van der Waals surface area contributed by atoms with Crippen LogP contribution >= 0.6 is 38.6 Å². The Balaban J connectivity index is 0.000000373. The molecule has 0 amide bonds.